The van der Waals surface area contributed by atoms with Gasteiger partial charge in [-0.05, 0) is 36.4 Å². The van der Waals surface area contributed by atoms with Crippen molar-refractivity contribution in [2.24, 2.45) is 5.10 Å². The van der Waals surface area contributed by atoms with Crippen LogP contribution in [-0.2, 0) is 0 Å². The van der Waals surface area contributed by atoms with E-state index in [0.29, 0.717) is 5.95 Å². The van der Waals surface area contributed by atoms with E-state index < -0.39 is 0 Å². The summed E-state index contributed by atoms with van der Waals surface area (Å²) in [5.74, 6) is 0.277. The number of halogens is 1. The number of hydrazone groups is 1. The average molecular weight is 320 g/mol. The maximum absolute atomic E-state index is 13.0. The van der Waals surface area contributed by atoms with Crippen LogP contribution in [0.3, 0.4) is 0 Å². The minimum atomic E-state index is -0.278. The zero-order valence-corrected chi connectivity index (χ0v) is 12.5. The first-order valence-corrected chi connectivity index (χ1v) is 7.33. The fraction of sp³-hybridized carbons (Fsp3) is 0. The third kappa shape index (κ3) is 2.74. The zero-order valence-electron chi connectivity index (χ0n) is 12.5. The number of hydrogen-bond acceptors (Lipinski definition) is 4. The lowest BCUT2D eigenvalue weighted by molar-refractivity contribution is 0.628. The van der Waals surface area contributed by atoms with Crippen molar-refractivity contribution in [2.75, 3.05) is 5.43 Å². The fourth-order valence-corrected chi connectivity index (χ4v) is 2.41. The van der Waals surface area contributed by atoms with Crippen LogP contribution in [0.4, 0.5) is 10.3 Å². The largest absolute Gasteiger partial charge is 0.323 e. The third-order valence-electron chi connectivity index (χ3n) is 3.57. The SMILES string of the molecule is Fc1ccc(-c2[nH]ncc2/C=N/Nc2nc3ccccc3[nH]2)cc1. The van der Waals surface area contributed by atoms with E-state index in [1.54, 1.807) is 24.5 Å². The number of para-hydroxylation sites is 2. The summed E-state index contributed by atoms with van der Waals surface area (Å²) in [6.07, 6.45) is 3.29. The summed E-state index contributed by atoms with van der Waals surface area (Å²) in [7, 11) is 0. The molecular weight excluding hydrogens is 307 g/mol. The number of nitrogens with one attached hydrogen (secondary N) is 3. The fourth-order valence-electron chi connectivity index (χ4n) is 2.41. The zero-order chi connectivity index (χ0) is 16.4. The van der Waals surface area contributed by atoms with E-state index in [0.717, 1.165) is 27.9 Å². The summed E-state index contributed by atoms with van der Waals surface area (Å²) in [5, 5.41) is 11.1. The second-order valence-electron chi connectivity index (χ2n) is 5.18. The van der Waals surface area contributed by atoms with Gasteiger partial charge in [-0.1, -0.05) is 12.1 Å². The second kappa shape index (κ2) is 5.96. The summed E-state index contributed by atoms with van der Waals surface area (Å²) in [6.45, 7) is 0. The molecule has 0 bridgehead atoms. The molecule has 0 radical (unpaired) electrons. The summed E-state index contributed by atoms with van der Waals surface area (Å²) in [6, 6.07) is 13.9. The lowest BCUT2D eigenvalue weighted by Gasteiger charge is -1.99. The highest BCUT2D eigenvalue weighted by Gasteiger charge is 2.06. The first-order valence-electron chi connectivity index (χ1n) is 7.33. The van der Waals surface area contributed by atoms with Gasteiger partial charge in [-0.25, -0.2) is 14.8 Å². The van der Waals surface area contributed by atoms with Gasteiger partial charge in [0.2, 0.25) is 5.95 Å². The number of nitrogens with zero attached hydrogens (tertiary/aromatic N) is 3. The van der Waals surface area contributed by atoms with E-state index in [-0.39, 0.29) is 5.82 Å². The average Bonchev–Trinajstić information content (AvgIpc) is 3.22. The molecule has 0 spiro atoms. The molecule has 0 amide bonds. The molecule has 0 aliphatic heterocycles. The number of rotatable bonds is 4. The maximum Gasteiger partial charge on any atom is 0.222 e. The normalized spacial score (nSPS) is 11.4. The van der Waals surface area contributed by atoms with Gasteiger partial charge >= 0.3 is 0 Å². The number of aromatic amines is 2. The van der Waals surface area contributed by atoms with Gasteiger partial charge in [0.05, 0.1) is 29.1 Å². The molecule has 0 fully saturated rings. The van der Waals surface area contributed by atoms with Crippen LogP contribution < -0.4 is 5.43 Å². The van der Waals surface area contributed by atoms with E-state index in [9.17, 15) is 4.39 Å². The van der Waals surface area contributed by atoms with Crippen LogP contribution in [0.15, 0.2) is 59.8 Å². The van der Waals surface area contributed by atoms with Gasteiger partial charge in [-0.15, -0.1) is 0 Å². The van der Waals surface area contributed by atoms with E-state index >= 15 is 0 Å². The Morgan fingerprint density at radius 1 is 1.08 bits per heavy atom. The first-order chi connectivity index (χ1) is 11.8. The van der Waals surface area contributed by atoms with Gasteiger partial charge in [0.1, 0.15) is 5.82 Å². The molecule has 4 rings (SSSR count). The van der Waals surface area contributed by atoms with E-state index in [1.807, 2.05) is 24.3 Å². The van der Waals surface area contributed by atoms with Gasteiger partial charge in [-0.2, -0.15) is 10.2 Å². The standard InChI is InChI=1S/C17H13FN6/c18-13-7-5-11(6-8-13)16-12(9-19-23-16)10-20-24-17-21-14-3-1-2-4-15(14)22-17/h1-10H,(H,19,23)(H2,21,22,24)/b20-10+. The molecule has 2 aromatic heterocycles. The van der Waals surface area contributed by atoms with Crippen molar-refractivity contribution < 1.29 is 4.39 Å². The van der Waals surface area contributed by atoms with E-state index in [4.69, 9.17) is 0 Å². The van der Waals surface area contributed by atoms with Gasteiger partial charge < -0.3 is 4.98 Å². The topological polar surface area (TPSA) is 81.8 Å². The van der Waals surface area contributed by atoms with Crippen molar-refractivity contribution in [2.45, 2.75) is 0 Å². The van der Waals surface area contributed by atoms with Gasteiger partial charge in [0, 0.05) is 11.1 Å². The summed E-state index contributed by atoms with van der Waals surface area (Å²) in [5.41, 5.74) is 7.05. The molecule has 0 saturated heterocycles. The Kier molecular flexibility index (Phi) is 3.51. The van der Waals surface area contributed by atoms with Crippen molar-refractivity contribution in [3.63, 3.8) is 0 Å². The molecule has 4 aromatic rings. The second-order valence-corrected chi connectivity index (χ2v) is 5.18. The predicted octanol–water partition coefficient (Wildman–Crippen LogP) is 3.54. The Morgan fingerprint density at radius 2 is 1.92 bits per heavy atom. The van der Waals surface area contributed by atoms with Crippen LogP contribution >= 0.6 is 0 Å². The van der Waals surface area contributed by atoms with Crippen molar-refractivity contribution in [3.05, 3.63) is 66.1 Å². The molecule has 0 aliphatic carbocycles. The quantitative estimate of drug-likeness (QED) is 0.397. The van der Waals surface area contributed by atoms with Crippen LogP contribution in [-0.4, -0.2) is 26.4 Å². The van der Waals surface area contributed by atoms with Crippen molar-refractivity contribution in [3.8, 4) is 11.3 Å². The van der Waals surface area contributed by atoms with Crippen LogP contribution in [0.2, 0.25) is 0 Å². The maximum atomic E-state index is 13.0. The van der Waals surface area contributed by atoms with Crippen LogP contribution in [0, 0.1) is 5.82 Å². The number of hydrogen-bond donors (Lipinski definition) is 3. The number of aromatic nitrogens is 4. The van der Waals surface area contributed by atoms with Crippen LogP contribution in [0.1, 0.15) is 5.56 Å². The molecule has 0 aliphatic rings. The first kappa shape index (κ1) is 14.1. The summed E-state index contributed by atoms with van der Waals surface area (Å²) < 4.78 is 13.0. The highest BCUT2D eigenvalue weighted by atomic mass is 19.1. The Balaban J connectivity index is 1.54. The molecule has 0 atom stereocenters. The van der Waals surface area contributed by atoms with Crippen molar-refractivity contribution >= 4 is 23.2 Å². The van der Waals surface area contributed by atoms with E-state index in [2.05, 4.69) is 30.7 Å². The number of benzene rings is 2. The molecule has 24 heavy (non-hydrogen) atoms. The summed E-state index contributed by atoms with van der Waals surface area (Å²) >= 11 is 0. The molecule has 3 N–H and O–H groups in total. The Morgan fingerprint density at radius 3 is 2.75 bits per heavy atom. The van der Waals surface area contributed by atoms with Gasteiger partial charge in [-0.3, -0.25) is 5.10 Å². The Hall–Kier alpha value is -3.48. The van der Waals surface area contributed by atoms with Gasteiger partial charge in [0.15, 0.2) is 0 Å². The third-order valence-corrected chi connectivity index (χ3v) is 3.57. The molecule has 0 unspecified atom stereocenters. The lowest BCUT2D eigenvalue weighted by atomic mass is 10.1. The Bertz CT molecular complexity index is 966. The van der Waals surface area contributed by atoms with Crippen molar-refractivity contribution in [1.29, 1.82) is 0 Å². The lowest BCUT2D eigenvalue weighted by Crippen LogP contribution is -1.93. The van der Waals surface area contributed by atoms with Crippen LogP contribution in [0.25, 0.3) is 22.3 Å². The minimum absolute atomic E-state index is 0.278. The molecular formula is C17H13FN6. The summed E-state index contributed by atoms with van der Waals surface area (Å²) in [4.78, 5) is 7.50. The molecule has 2 heterocycles. The minimum Gasteiger partial charge on any atom is -0.323 e. The predicted molar refractivity (Wildman–Crippen MR) is 91.3 cm³/mol. The molecule has 7 heteroatoms. The van der Waals surface area contributed by atoms with Crippen molar-refractivity contribution in [1.82, 2.24) is 20.2 Å². The molecule has 118 valence electrons. The number of H-pyrrole nitrogens is 2. The van der Waals surface area contributed by atoms with E-state index in [1.165, 1.54) is 12.1 Å². The van der Waals surface area contributed by atoms with Crippen LogP contribution in [0.5, 0.6) is 0 Å². The van der Waals surface area contributed by atoms with Gasteiger partial charge in [0.25, 0.3) is 0 Å². The number of imidazole rings is 1. The molecule has 6 nitrogen and oxygen atoms in total. The molecule has 2 aromatic carbocycles. The highest BCUT2D eigenvalue weighted by molar-refractivity contribution is 5.88. The number of anilines is 1. The smallest absolute Gasteiger partial charge is 0.222 e. The number of fused-ring (bicyclic) bond motifs is 1. The molecule has 0 saturated carbocycles. The Labute approximate surface area is 136 Å². The monoisotopic (exact) mass is 320 g/mol. The highest BCUT2D eigenvalue weighted by Crippen LogP contribution is 2.20.